The maximum absolute atomic E-state index is 6.20. The van der Waals surface area contributed by atoms with Crippen molar-refractivity contribution in [2.45, 2.75) is 17.9 Å². The second kappa shape index (κ2) is 6.36. The molecular formula is C14H15BrN2S. The summed E-state index contributed by atoms with van der Waals surface area (Å²) in [5.74, 6) is 0.855. The van der Waals surface area contributed by atoms with E-state index in [1.807, 2.05) is 24.4 Å². The van der Waals surface area contributed by atoms with Crippen molar-refractivity contribution in [3.63, 3.8) is 0 Å². The van der Waals surface area contributed by atoms with Gasteiger partial charge in [-0.05, 0) is 48.4 Å². The Morgan fingerprint density at radius 1 is 1.28 bits per heavy atom. The monoisotopic (exact) mass is 322 g/mol. The molecular weight excluding hydrogens is 308 g/mol. The summed E-state index contributed by atoms with van der Waals surface area (Å²) in [6.45, 7) is 2.07. The van der Waals surface area contributed by atoms with E-state index in [-0.39, 0.29) is 6.04 Å². The van der Waals surface area contributed by atoms with Crippen LogP contribution in [0.3, 0.4) is 0 Å². The van der Waals surface area contributed by atoms with Crippen LogP contribution in [0, 0.1) is 6.92 Å². The molecule has 2 aromatic rings. The third-order valence-electron chi connectivity index (χ3n) is 2.72. The molecule has 4 heteroatoms. The van der Waals surface area contributed by atoms with E-state index in [0.717, 1.165) is 15.8 Å². The van der Waals surface area contributed by atoms with Gasteiger partial charge in [-0.1, -0.05) is 15.9 Å². The number of halogens is 1. The highest BCUT2D eigenvalue weighted by molar-refractivity contribution is 9.10. The molecule has 0 bridgehead atoms. The number of aryl methyl sites for hydroxylation is 1. The van der Waals surface area contributed by atoms with Gasteiger partial charge in [-0.15, -0.1) is 11.8 Å². The normalized spacial score (nSPS) is 12.4. The molecule has 94 valence electrons. The molecule has 18 heavy (non-hydrogen) atoms. The van der Waals surface area contributed by atoms with Gasteiger partial charge in [0.05, 0.1) is 0 Å². The van der Waals surface area contributed by atoms with Crippen molar-refractivity contribution in [2.75, 3.05) is 5.75 Å². The number of thioether (sulfide) groups is 1. The van der Waals surface area contributed by atoms with Gasteiger partial charge in [0.25, 0.3) is 0 Å². The number of nitrogens with zero attached hydrogens (tertiary/aromatic N) is 1. The highest BCUT2D eigenvalue weighted by Gasteiger charge is 2.09. The van der Waals surface area contributed by atoms with Crippen LogP contribution in [0.2, 0.25) is 0 Å². The number of aromatic nitrogens is 1. The average Bonchev–Trinajstić information content (AvgIpc) is 2.38. The SMILES string of the molecule is Cc1ccncc1C(N)CSc1ccc(Br)cc1. The van der Waals surface area contributed by atoms with Gasteiger partial charge in [0.15, 0.2) is 0 Å². The fourth-order valence-electron chi connectivity index (χ4n) is 1.67. The van der Waals surface area contributed by atoms with E-state index in [0.29, 0.717) is 0 Å². The van der Waals surface area contributed by atoms with Gasteiger partial charge in [-0.25, -0.2) is 0 Å². The summed E-state index contributed by atoms with van der Waals surface area (Å²) in [4.78, 5) is 5.37. The molecule has 1 aromatic heterocycles. The lowest BCUT2D eigenvalue weighted by Crippen LogP contribution is -2.14. The molecule has 1 unspecified atom stereocenters. The van der Waals surface area contributed by atoms with E-state index >= 15 is 0 Å². The summed E-state index contributed by atoms with van der Waals surface area (Å²) in [7, 11) is 0. The van der Waals surface area contributed by atoms with Gasteiger partial charge in [0.2, 0.25) is 0 Å². The van der Waals surface area contributed by atoms with E-state index in [9.17, 15) is 0 Å². The molecule has 0 fully saturated rings. The van der Waals surface area contributed by atoms with Crippen LogP contribution in [0.4, 0.5) is 0 Å². The van der Waals surface area contributed by atoms with Crippen LogP contribution in [0.25, 0.3) is 0 Å². The molecule has 0 aliphatic heterocycles. The second-order valence-corrected chi connectivity index (χ2v) is 6.11. The first kappa shape index (κ1) is 13.6. The minimum atomic E-state index is 0.0207. The smallest absolute Gasteiger partial charge is 0.0408 e. The predicted octanol–water partition coefficient (Wildman–Crippen LogP) is 3.94. The maximum atomic E-state index is 6.20. The third-order valence-corrected chi connectivity index (χ3v) is 4.38. The van der Waals surface area contributed by atoms with Gasteiger partial charge in [0.1, 0.15) is 0 Å². The van der Waals surface area contributed by atoms with Crippen LogP contribution in [0.5, 0.6) is 0 Å². The zero-order chi connectivity index (χ0) is 13.0. The lowest BCUT2D eigenvalue weighted by Gasteiger charge is -2.13. The van der Waals surface area contributed by atoms with E-state index in [4.69, 9.17) is 5.73 Å². The molecule has 1 atom stereocenters. The Morgan fingerprint density at radius 2 is 2.00 bits per heavy atom. The first-order chi connectivity index (χ1) is 8.66. The Hall–Kier alpha value is -0.840. The Labute approximate surface area is 120 Å². The highest BCUT2D eigenvalue weighted by Crippen LogP contribution is 2.25. The predicted molar refractivity (Wildman–Crippen MR) is 80.8 cm³/mol. The summed E-state index contributed by atoms with van der Waals surface area (Å²) in [6.07, 6.45) is 3.66. The van der Waals surface area contributed by atoms with Crippen LogP contribution in [0.1, 0.15) is 17.2 Å². The number of hydrogen-bond acceptors (Lipinski definition) is 3. The molecule has 2 nitrogen and oxygen atoms in total. The first-order valence-corrected chi connectivity index (χ1v) is 7.49. The quantitative estimate of drug-likeness (QED) is 0.866. The molecule has 0 saturated carbocycles. The minimum absolute atomic E-state index is 0.0207. The van der Waals surface area contributed by atoms with Gasteiger partial charge in [-0.2, -0.15) is 0 Å². The van der Waals surface area contributed by atoms with Crippen molar-refractivity contribution >= 4 is 27.7 Å². The highest BCUT2D eigenvalue weighted by atomic mass is 79.9. The van der Waals surface area contributed by atoms with E-state index < -0.39 is 0 Å². The molecule has 0 aliphatic carbocycles. The van der Waals surface area contributed by atoms with Crippen molar-refractivity contribution in [3.8, 4) is 0 Å². The standard InChI is InChI=1S/C14H15BrN2S/c1-10-6-7-17-8-13(10)14(16)9-18-12-4-2-11(15)3-5-12/h2-8,14H,9,16H2,1H3. The summed E-state index contributed by atoms with van der Waals surface area (Å²) in [5.41, 5.74) is 8.53. The van der Waals surface area contributed by atoms with Gasteiger partial charge in [-0.3, -0.25) is 4.98 Å². The summed E-state index contributed by atoms with van der Waals surface area (Å²) in [5, 5.41) is 0. The number of hydrogen-bond donors (Lipinski definition) is 1. The molecule has 2 N–H and O–H groups in total. The Balaban J connectivity index is 1.98. The van der Waals surface area contributed by atoms with Crippen molar-refractivity contribution in [1.82, 2.24) is 4.98 Å². The molecule has 0 aliphatic rings. The van der Waals surface area contributed by atoms with E-state index in [2.05, 4.69) is 40.0 Å². The zero-order valence-electron chi connectivity index (χ0n) is 10.1. The van der Waals surface area contributed by atoms with Gasteiger partial charge in [0, 0.05) is 33.6 Å². The van der Waals surface area contributed by atoms with Crippen molar-refractivity contribution in [1.29, 1.82) is 0 Å². The maximum Gasteiger partial charge on any atom is 0.0408 e. The topological polar surface area (TPSA) is 38.9 Å². The lowest BCUT2D eigenvalue weighted by molar-refractivity contribution is 0.815. The molecule has 1 heterocycles. The van der Waals surface area contributed by atoms with Gasteiger partial charge >= 0.3 is 0 Å². The van der Waals surface area contributed by atoms with Crippen LogP contribution in [-0.4, -0.2) is 10.7 Å². The van der Waals surface area contributed by atoms with Crippen molar-refractivity contribution < 1.29 is 0 Å². The van der Waals surface area contributed by atoms with Crippen LogP contribution < -0.4 is 5.73 Å². The van der Waals surface area contributed by atoms with Crippen molar-refractivity contribution in [2.24, 2.45) is 5.73 Å². The largest absolute Gasteiger partial charge is 0.323 e. The number of benzene rings is 1. The van der Waals surface area contributed by atoms with Crippen LogP contribution >= 0.6 is 27.7 Å². The zero-order valence-corrected chi connectivity index (χ0v) is 12.5. The number of pyridine rings is 1. The molecule has 0 spiro atoms. The minimum Gasteiger partial charge on any atom is -0.323 e. The Bertz CT molecular complexity index is 513. The molecule has 1 aromatic carbocycles. The van der Waals surface area contributed by atoms with Gasteiger partial charge < -0.3 is 5.73 Å². The third kappa shape index (κ3) is 3.57. The summed E-state index contributed by atoms with van der Waals surface area (Å²) >= 11 is 5.20. The number of rotatable bonds is 4. The average molecular weight is 323 g/mol. The molecule has 0 amide bonds. The van der Waals surface area contributed by atoms with E-state index in [1.165, 1.54) is 10.5 Å². The van der Waals surface area contributed by atoms with Crippen LogP contribution in [0.15, 0.2) is 52.1 Å². The molecule has 0 saturated heterocycles. The number of nitrogens with two attached hydrogens (primary N) is 1. The van der Waals surface area contributed by atoms with Crippen LogP contribution in [-0.2, 0) is 0 Å². The fourth-order valence-corrected chi connectivity index (χ4v) is 2.82. The fraction of sp³-hybridized carbons (Fsp3) is 0.214. The second-order valence-electron chi connectivity index (χ2n) is 4.10. The molecule has 0 radical (unpaired) electrons. The summed E-state index contributed by atoms with van der Waals surface area (Å²) in [6, 6.07) is 10.3. The van der Waals surface area contributed by atoms with Crippen molar-refractivity contribution in [3.05, 3.63) is 58.3 Å². The first-order valence-electron chi connectivity index (χ1n) is 5.71. The Kier molecular flexibility index (Phi) is 4.80. The lowest BCUT2D eigenvalue weighted by atomic mass is 10.1. The summed E-state index contributed by atoms with van der Waals surface area (Å²) < 4.78 is 1.10. The molecule has 2 rings (SSSR count). The Morgan fingerprint density at radius 3 is 2.67 bits per heavy atom. The van der Waals surface area contributed by atoms with E-state index in [1.54, 1.807) is 18.0 Å².